The van der Waals surface area contributed by atoms with E-state index in [0.29, 0.717) is 0 Å². The maximum absolute atomic E-state index is 11.7. The molecule has 1 aromatic carbocycles. The van der Waals surface area contributed by atoms with Crippen molar-refractivity contribution in [1.82, 2.24) is 0 Å². The Labute approximate surface area is 114 Å². The van der Waals surface area contributed by atoms with Gasteiger partial charge in [-0.25, -0.2) is 4.79 Å². The first-order valence-electron chi connectivity index (χ1n) is 6.91. The molecule has 0 aliphatic heterocycles. The third-order valence-corrected chi connectivity index (χ3v) is 3.12. The predicted molar refractivity (Wildman–Crippen MR) is 74.4 cm³/mol. The summed E-state index contributed by atoms with van der Waals surface area (Å²) in [7, 11) is 0. The van der Waals surface area contributed by atoms with Crippen LogP contribution in [0.3, 0.4) is 0 Å². The first-order valence-corrected chi connectivity index (χ1v) is 6.91. The summed E-state index contributed by atoms with van der Waals surface area (Å²) < 4.78 is 10.9. The van der Waals surface area contributed by atoms with Gasteiger partial charge >= 0.3 is 5.97 Å². The van der Waals surface area contributed by atoms with E-state index in [-0.39, 0.29) is 12.6 Å². The number of carbonyl (C=O) groups is 1. The second kappa shape index (κ2) is 5.64. The number of esters is 1. The number of carbonyl (C=O) groups excluding carboxylic acids is 1. The Hall–Kier alpha value is -1.51. The van der Waals surface area contributed by atoms with Gasteiger partial charge in [0.1, 0.15) is 11.4 Å². The summed E-state index contributed by atoms with van der Waals surface area (Å²) >= 11 is 0. The van der Waals surface area contributed by atoms with E-state index in [1.165, 1.54) is 24.0 Å². The van der Waals surface area contributed by atoms with Gasteiger partial charge in [-0.2, -0.15) is 0 Å². The average Bonchev–Trinajstić information content (AvgIpc) is 2.34. The molecule has 3 heteroatoms. The van der Waals surface area contributed by atoms with Crippen LogP contribution in [-0.4, -0.2) is 18.2 Å². The van der Waals surface area contributed by atoms with Crippen LogP contribution >= 0.6 is 0 Å². The summed E-state index contributed by atoms with van der Waals surface area (Å²) in [6, 6.07) is 6.08. The van der Waals surface area contributed by atoms with Crippen molar-refractivity contribution in [3.63, 3.8) is 0 Å². The SMILES string of the molecule is CC(C)(C)OC(=O)COc1cccc2c1CCCC2. The van der Waals surface area contributed by atoms with E-state index >= 15 is 0 Å². The molecule has 0 fully saturated rings. The van der Waals surface area contributed by atoms with Gasteiger partial charge in [-0.3, -0.25) is 0 Å². The highest BCUT2D eigenvalue weighted by molar-refractivity contribution is 5.71. The average molecular weight is 262 g/mol. The normalized spacial score (nSPS) is 14.7. The van der Waals surface area contributed by atoms with Crippen molar-refractivity contribution in [1.29, 1.82) is 0 Å². The van der Waals surface area contributed by atoms with Crippen LogP contribution in [0.2, 0.25) is 0 Å². The zero-order valence-electron chi connectivity index (χ0n) is 12.0. The Morgan fingerprint density at radius 3 is 2.68 bits per heavy atom. The largest absolute Gasteiger partial charge is 0.482 e. The molecule has 0 bridgehead atoms. The van der Waals surface area contributed by atoms with Crippen LogP contribution < -0.4 is 4.74 Å². The molecule has 0 saturated heterocycles. The van der Waals surface area contributed by atoms with Gasteiger partial charge in [0.05, 0.1) is 0 Å². The Balaban J connectivity index is 1.98. The topological polar surface area (TPSA) is 35.5 Å². The number of hydrogen-bond acceptors (Lipinski definition) is 3. The summed E-state index contributed by atoms with van der Waals surface area (Å²) in [5, 5.41) is 0. The highest BCUT2D eigenvalue weighted by Gasteiger charge is 2.18. The van der Waals surface area contributed by atoms with Crippen LogP contribution in [0.15, 0.2) is 18.2 Å². The van der Waals surface area contributed by atoms with Gasteiger partial charge < -0.3 is 9.47 Å². The van der Waals surface area contributed by atoms with Gasteiger partial charge in [0.2, 0.25) is 0 Å². The summed E-state index contributed by atoms with van der Waals surface area (Å²) in [4.78, 5) is 11.7. The molecule has 0 heterocycles. The quantitative estimate of drug-likeness (QED) is 0.784. The molecule has 3 nitrogen and oxygen atoms in total. The number of benzene rings is 1. The van der Waals surface area contributed by atoms with Gasteiger partial charge in [-0.05, 0) is 63.6 Å². The van der Waals surface area contributed by atoms with E-state index in [1.54, 1.807) is 0 Å². The van der Waals surface area contributed by atoms with Crippen molar-refractivity contribution in [2.75, 3.05) is 6.61 Å². The van der Waals surface area contributed by atoms with Crippen LogP contribution in [0, 0.1) is 0 Å². The highest BCUT2D eigenvalue weighted by atomic mass is 16.6. The van der Waals surface area contributed by atoms with E-state index in [1.807, 2.05) is 32.9 Å². The number of rotatable bonds is 3. The number of ether oxygens (including phenoxy) is 2. The lowest BCUT2D eigenvalue weighted by molar-refractivity contribution is -0.157. The van der Waals surface area contributed by atoms with Crippen molar-refractivity contribution < 1.29 is 14.3 Å². The fraction of sp³-hybridized carbons (Fsp3) is 0.562. The summed E-state index contributed by atoms with van der Waals surface area (Å²) in [6.07, 6.45) is 4.58. The van der Waals surface area contributed by atoms with Crippen LogP contribution in [0.25, 0.3) is 0 Å². The third kappa shape index (κ3) is 3.98. The third-order valence-electron chi connectivity index (χ3n) is 3.12. The lowest BCUT2D eigenvalue weighted by atomic mass is 9.91. The first kappa shape index (κ1) is 13.9. The van der Waals surface area contributed by atoms with E-state index in [2.05, 4.69) is 6.07 Å². The Kier molecular flexibility index (Phi) is 4.13. The first-order chi connectivity index (χ1) is 8.96. The minimum absolute atomic E-state index is 0.0201. The molecule has 0 radical (unpaired) electrons. The van der Waals surface area contributed by atoms with Gasteiger partial charge in [-0.1, -0.05) is 12.1 Å². The van der Waals surface area contributed by atoms with Crippen molar-refractivity contribution in [3.05, 3.63) is 29.3 Å². The number of aryl methyl sites for hydroxylation is 1. The molecular formula is C16H22O3. The molecule has 0 amide bonds. The van der Waals surface area contributed by atoms with Crippen LogP contribution in [-0.2, 0) is 22.4 Å². The zero-order valence-corrected chi connectivity index (χ0v) is 12.0. The smallest absolute Gasteiger partial charge is 0.344 e. The Morgan fingerprint density at radius 1 is 1.21 bits per heavy atom. The van der Waals surface area contributed by atoms with Crippen LogP contribution in [0.4, 0.5) is 0 Å². The predicted octanol–water partition coefficient (Wildman–Crippen LogP) is 3.29. The van der Waals surface area contributed by atoms with E-state index < -0.39 is 5.60 Å². The van der Waals surface area contributed by atoms with Crippen LogP contribution in [0.5, 0.6) is 5.75 Å². The van der Waals surface area contributed by atoms with Crippen molar-refractivity contribution in [2.24, 2.45) is 0 Å². The van der Waals surface area contributed by atoms with Gasteiger partial charge in [0.15, 0.2) is 6.61 Å². The molecule has 1 aromatic rings. The standard InChI is InChI=1S/C16H22O3/c1-16(2,3)19-15(17)11-18-14-10-6-8-12-7-4-5-9-13(12)14/h6,8,10H,4-5,7,9,11H2,1-3H3. The fourth-order valence-electron chi connectivity index (χ4n) is 2.39. The maximum atomic E-state index is 11.7. The summed E-state index contributed by atoms with van der Waals surface area (Å²) in [5.41, 5.74) is 2.15. The molecule has 2 rings (SSSR count). The second-order valence-electron chi connectivity index (χ2n) is 5.98. The molecule has 0 aromatic heterocycles. The van der Waals surface area contributed by atoms with Crippen LogP contribution in [0.1, 0.15) is 44.7 Å². The number of hydrogen-bond donors (Lipinski definition) is 0. The van der Waals surface area contributed by atoms with E-state index in [0.717, 1.165) is 18.6 Å². The molecule has 0 N–H and O–H groups in total. The lowest BCUT2D eigenvalue weighted by Gasteiger charge is -2.21. The van der Waals surface area contributed by atoms with E-state index in [4.69, 9.17) is 9.47 Å². The molecule has 19 heavy (non-hydrogen) atoms. The zero-order chi connectivity index (χ0) is 13.9. The van der Waals surface area contributed by atoms with Crippen molar-refractivity contribution in [2.45, 2.75) is 52.1 Å². The molecule has 0 spiro atoms. The van der Waals surface area contributed by atoms with Gasteiger partial charge in [-0.15, -0.1) is 0 Å². The lowest BCUT2D eigenvalue weighted by Crippen LogP contribution is -2.27. The summed E-state index contributed by atoms with van der Waals surface area (Å²) in [6.45, 7) is 5.55. The highest BCUT2D eigenvalue weighted by Crippen LogP contribution is 2.29. The molecule has 0 atom stereocenters. The van der Waals surface area contributed by atoms with Gasteiger partial charge in [0.25, 0.3) is 0 Å². The van der Waals surface area contributed by atoms with Crippen molar-refractivity contribution >= 4 is 5.97 Å². The molecule has 104 valence electrons. The van der Waals surface area contributed by atoms with Crippen molar-refractivity contribution in [3.8, 4) is 5.75 Å². The molecule has 0 unspecified atom stereocenters. The molecule has 0 saturated carbocycles. The molecular weight excluding hydrogens is 240 g/mol. The van der Waals surface area contributed by atoms with E-state index in [9.17, 15) is 4.79 Å². The maximum Gasteiger partial charge on any atom is 0.344 e. The van der Waals surface area contributed by atoms with Gasteiger partial charge in [0, 0.05) is 0 Å². The fourth-order valence-corrected chi connectivity index (χ4v) is 2.39. The number of fused-ring (bicyclic) bond motifs is 1. The monoisotopic (exact) mass is 262 g/mol. The molecule has 1 aliphatic carbocycles. The Bertz CT molecular complexity index is 458. The second-order valence-corrected chi connectivity index (χ2v) is 5.98. The minimum atomic E-state index is -0.462. The summed E-state index contributed by atoms with van der Waals surface area (Å²) in [5.74, 6) is 0.518. The molecule has 1 aliphatic rings. The minimum Gasteiger partial charge on any atom is -0.482 e. The Morgan fingerprint density at radius 2 is 1.95 bits per heavy atom.